The lowest BCUT2D eigenvalue weighted by Gasteiger charge is -2.21. The summed E-state index contributed by atoms with van der Waals surface area (Å²) in [7, 11) is -4.32. The Morgan fingerprint density at radius 2 is 1.17 bits per heavy atom. The van der Waals surface area contributed by atoms with Gasteiger partial charge in [-0.15, -0.1) is 0 Å². The Balaban J connectivity index is 4.11. The van der Waals surface area contributed by atoms with E-state index in [1.165, 1.54) is 83.5 Å². The molecule has 0 aromatic heterocycles. The van der Waals surface area contributed by atoms with Crippen molar-refractivity contribution in [1.82, 2.24) is 5.32 Å². The summed E-state index contributed by atoms with van der Waals surface area (Å²) in [6, 6.07) is -1.05. The van der Waals surface area contributed by atoms with Gasteiger partial charge in [-0.05, 0) is 19.3 Å². The van der Waals surface area contributed by atoms with Crippen molar-refractivity contribution in [2.45, 2.75) is 154 Å². The van der Waals surface area contributed by atoms with Gasteiger partial charge in [0.2, 0.25) is 5.91 Å². The number of amides is 1. The summed E-state index contributed by atoms with van der Waals surface area (Å²) in [6.07, 6.45) is 24.9. The second-order valence-corrected chi connectivity index (χ2v) is 11.5. The summed E-state index contributed by atoms with van der Waals surface area (Å²) >= 11 is 0. The molecule has 2 unspecified atom stereocenters. The lowest BCUT2D eigenvalue weighted by molar-refractivity contribution is -0.122. The maximum absolute atomic E-state index is 12.2. The van der Waals surface area contributed by atoms with Gasteiger partial charge in [0, 0.05) is 6.42 Å². The minimum atomic E-state index is -4.32. The second kappa shape index (κ2) is 23.5. The van der Waals surface area contributed by atoms with Crippen molar-refractivity contribution < 1.29 is 22.9 Å². The Morgan fingerprint density at radius 3 is 1.63 bits per heavy atom. The molecule has 0 aromatic carbocycles. The van der Waals surface area contributed by atoms with Gasteiger partial charge in [-0.25, -0.2) is 0 Å². The van der Waals surface area contributed by atoms with Crippen LogP contribution in [0, 0.1) is 0 Å². The third kappa shape index (κ3) is 24.5. The zero-order valence-electron chi connectivity index (χ0n) is 22.7. The van der Waals surface area contributed by atoms with Crippen molar-refractivity contribution in [3.05, 3.63) is 12.2 Å². The molecule has 0 heterocycles. The van der Waals surface area contributed by atoms with Crippen LogP contribution in [0.5, 0.6) is 0 Å². The topological polar surface area (TPSA) is 104 Å². The van der Waals surface area contributed by atoms with Gasteiger partial charge in [0.25, 0.3) is 10.1 Å². The SMILES string of the molecule is CCCCCCCCCCCCC/C=C/C(O)C(CS(=O)(=O)O)NC(=O)CCCCCCCCC. The van der Waals surface area contributed by atoms with E-state index in [2.05, 4.69) is 19.2 Å². The zero-order valence-corrected chi connectivity index (χ0v) is 23.5. The zero-order chi connectivity index (χ0) is 26.2. The van der Waals surface area contributed by atoms with E-state index >= 15 is 0 Å². The number of aliphatic hydroxyl groups excluding tert-OH is 1. The minimum absolute atomic E-state index is 0.287. The number of nitrogens with one attached hydrogen (secondary N) is 1. The average Bonchev–Trinajstić information content (AvgIpc) is 2.80. The Bertz CT molecular complexity index is 621. The highest BCUT2D eigenvalue weighted by atomic mass is 32.2. The van der Waals surface area contributed by atoms with Crippen LogP contribution in [0.15, 0.2) is 12.2 Å². The molecule has 0 rings (SSSR count). The molecular weight excluding hydrogens is 462 g/mol. The molecule has 0 spiro atoms. The maximum atomic E-state index is 12.2. The second-order valence-electron chi connectivity index (χ2n) is 10.0. The van der Waals surface area contributed by atoms with Crippen LogP contribution in [0.4, 0.5) is 0 Å². The molecule has 0 saturated heterocycles. The Kier molecular flexibility index (Phi) is 22.9. The fourth-order valence-corrected chi connectivity index (χ4v) is 5.00. The van der Waals surface area contributed by atoms with Crippen LogP contribution in [-0.2, 0) is 14.9 Å². The van der Waals surface area contributed by atoms with Gasteiger partial charge in [-0.3, -0.25) is 9.35 Å². The van der Waals surface area contributed by atoms with Crippen LogP contribution >= 0.6 is 0 Å². The van der Waals surface area contributed by atoms with Crippen LogP contribution in [0.2, 0.25) is 0 Å². The first-order chi connectivity index (χ1) is 16.8. The van der Waals surface area contributed by atoms with E-state index in [9.17, 15) is 22.9 Å². The van der Waals surface area contributed by atoms with Gasteiger partial charge in [-0.1, -0.05) is 129 Å². The van der Waals surface area contributed by atoms with Crippen molar-refractivity contribution in [3.8, 4) is 0 Å². The molecule has 6 nitrogen and oxygen atoms in total. The van der Waals surface area contributed by atoms with Gasteiger partial charge in [0.1, 0.15) is 0 Å². The van der Waals surface area contributed by atoms with E-state index in [0.29, 0.717) is 6.42 Å². The molecule has 1 amide bonds. The molecule has 0 bridgehead atoms. The molecule has 0 saturated carbocycles. The number of carbonyl (C=O) groups excluding carboxylic acids is 1. The van der Waals surface area contributed by atoms with E-state index in [4.69, 9.17) is 0 Å². The smallest absolute Gasteiger partial charge is 0.267 e. The van der Waals surface area contributed by atoms with Gasteiger partial charge < -0.3 is 10.4 Å². The first kappa shape index (κ1) is 34.1. The molecule has 7 heteroatoms. The molecule has 208 valence electrons. The number of hydrogen-bond donors (Lipinski definition) is 3. The highest BCUT2D eigenvalue weighted by molar-refractivity contribution is 7.85. The van der Waals surface area contributed by atoms with Crippen LogP contribution in [0.3, 0.4) is 0 Å². The molecule has 0 aliphatic heterocycles. The normalized spacial score (nSPS) is 13.8. The number of aliphatic hydroxyl groups is 1. The lowest BCUT2D eigenvalue weighted by atomic mass is 10.0. The van der Waals surface area contributed by atoms with Crippen molar-refractivity contribution in [1.29, 1.82) is 0 Å². The van der Waals surface area contributed by atoms with E-state index in [1.54, 1.807) is 6.08 Å². The summed E-state index contributed by atoms with van der Waals surface area (Å²) < 4.78 is 32.0. The average molecular weight is 518 g/mol. The Morgan fingerprint density at radius 1 is 0.743 bits per heavy atom. The Labute approximate surface area is 216 Å². The van der Waals surface area contributed by atoms with E-state index in [0.717, 1.165) is 38.5 Å². The number of carbonyl (C=O) groups is 1. The summed E-state index contributed by atoms with van der Waals surface area (Å²) in [5.41, 5.74) is 0. The summed E-state index contributed by atoms with van der Waals surface area (Å²) in [4.78, 5) is 12.2. The quantitative estimate of drug-likeness (QED) is 0.0679. The third-order valence-electron chi connectivity index (χ3n) is 6.46. The lowest BCUT2D eigenvalue weighted by Crippen LogP contribution is -2.46. The molecule has 0 aliphatic carbocycles. The standard InChI is InChI=1S/C28H55NO5S/c1-3-5-7-9-11-12-13-14-15-16-18-19-21-23-27(30)26(25-35(32,33)34)29-28(31)24-22-20-17-10-8-6-4-2/h21,23,26-27,30H,3-20,22,24-25H2,1-2H3,(H,29,31)(H,32,33,34)/b23-21+. The largest absolute Gasteiger partial charge is 0.387 e. The Hall–Kier alpha value is -0.920. The number of hydrogen-bond acceptors (Lipinski definition) is 4. The van der Waals surface area contributed by atoms with Crippen LogP contribution in [0.25, 0.3) is 0 Å². The van der Waals surface area contributed by atoms with Gasteiger partial charge >= 0.3 is 0 Å². The molecule has 3 N–H and O–H groups in total. The number of allylic oxidation sites excluding steroid dienone is 1. The van der Waals surface area contributed by atoms with Crippen molar-refractivity contribution in [3.63, 3.8) is 0 Å². The summed E-state index contributed by atoms with van der Waals surface area (Å²) in [5.74, 6) is -0.982. The molecule has 0 aliphatic rings. The predicted molar refractivity (Wildman–Crippen MR) is 147 cm³/mol. The number of rotatable bonds is 25. The molecule has 2 atom stereocenters. The van der Waals surface area contributed by atoms with Crippen molar-refractivity contribution >= 4 is 16.0 Å². The van der Waals surface area contributed by atoms with Crippen LogP contribution in [-0.4, -0.2) is 41.9 Å². The molecule has 0 aromatic rings. The minimum Gasteiger partial charge on any atom is -0.387 e. The highest BCUT2D eigenvalue weighted by Crippen LogP contribution is 2.13. The monoisotopic (exact) mass is 517 g/mol. The van der Waals surface area contributed by atoms with Crippen molar-refractivity contribution in [2.24, 2.45) is 0 Å². The van der Waals surface area contributed by atoms with Gasteiger partial charge in [0.05, 0.1) is 17.9 Å². The summed E-state index contributed by atoms with van der Waals surface area (Å²) in [5, 5.41) is 13.0. The fraction of sp³-hybridized carbons (Fsp3) is 0.893. The van der Waals surface area contributed by atoms with Crippen molar-refractivity contribution in [2.75, 3.05) is 5.75 Å². The molecule has 0 fully saturated rings. The number of unbranched alkanes of at least 4 members (excludes halogenated alkanes) is 17. The molecular formula is C28H55NO5S. The molecule has 35 heavy (non-hydrogen) atoms. The van der Waals surface area contributed by atoms with Gasteiger partial charge in [-0.2, -0.15) is 8.42 Å². The van der Waals surface area contributed by atoms with Gasteiger partial charge in [0.15, 0.2) is 0 Å². The third-order valence-corrected chi connectivity index (χ3v) is 7.24. The predicted octanol–water partition coefficient (Wildman–Crippen LogP) is 7.12. The van der Waals surface area contributed by atoms with Crippen LogP contribution in [0.1, 0.15) is 142 Å². The van der Waals surface area contributed by atoms with Crippen LogP contribution < -0.4 is 5.32 Å². The van der Waals surface area contributed by atoms with E-state index < -0.39 is 28.0 Å². The summed E-state index contributed by atoms with van der Waals surface area (Å²) in [6.45, 7) is 4.42. The first-order valence-corrected chi connectivity index (χ1v) is 16.0. The first-order valence-electron chi connectivity index (χ1n) is 14.4. The van der Waals surface area contributed by atoms with E-state index in [1.807, 2.05) is 6.08 Å². The fourth-order valence-electron chi connectivity index (χ4n) is 4.27. The highest BCUT2D eigenvalue weighted by Gasteiger charge is 2.24. The maximum Gasteiger partial charge on any atom is 0.267 e. The van der Waals surface area contributed by atoms with E-state index in [-0.39, 0.29) is 5.91 Å². The molecule has 0 radical (unpaired) electrons.